The number of nitrogens with zero attached hydrogens (tertiary/aromatic N) is 2. The van der Waals surface area contributed by atoms with E-state index in [1.807, 2.05) is 13.8 Å². The lowest BCUT2D eigenvalue weighted by molar-refractivity contribution is 0.0314. The van der Waals surface area contributed by atoms with Crippen molar-refractivity contribution >= 4 is 10.0 Å². The second-order valence-electron chi connectivity index (χ2n) is 5.89. The summed E-state index contributed by atoms with van der Waals surface area (Å²) in [6.07, 6.45) is 0.429. The van der Waals surface area contributed by atoms with E-state index in [1.54, 1.807) is 18.5 Å². The summed E-state index contributed by atoms with van der Waals surface area (Å²) >= 11 is 0. The van der Waals surface area contributed by atoms with Gasteiger partial charge in [0.1, 0.15) is 10.5 Å². The maximum Gasteiger partial charge on any atom is 0.244 e. The zero-order chi connectivity index (χ0) is 15.8. The summed E-state index contributed by atoms with van der Waals surface area (Å²) in [5.41, 5.74) is -0.0591. The molecule has 0 bridgehead atoms. The van der Waals surface area contributed by atoms with Crippen LogP contribution in [0.5, 0.6) is 0 Å². The molecule has 1 fully saturated rings. The van der Waals surface area contributed by atoms with Gasteiger partial charge in [-0.05, 0) is 27.7 Å². The number of aryl methyl sites for hydroxylation is 1. The monoisotopic (exact) mass is 317 g/mol. The van der Waals surface area contributed by atoms with Crippen molar-refractivity contribution in [3.8, 4) is 0 Å². The molecule has 1 aromatic rings. The summed E-state index contributed by atoms with van der Waals surface area (Å²) in [5, 5.41) is 14.4. The molecule has 1 atom stereocenters. The Kier molecular flexibility index (Phi) is 4.44. The third-order valence-electron chi connectivity index (χ3n) is 3.69. The molecule has 0 radical (unpaired) electrons. The molecule has 1 aliphatic heterocycles. The van der Waals surface area contributed by atoms with Gasteiger partial charge in [0.05, 0.1) is 18.0 Å². The topological polar surface area (TPSA) is 93.5 Å². The molecule has 0 saturated carbocycles. The molecular weight excluding hydrogens is 294 g/mol. The van der Waals surface area contributed by atoms with Crippen molar-refractivity contribution in [2.75, 3.05) is 19.8 Å². The van der Waals surface area contributed by atoms with Crippen LogP contribution in [-0.4, -0.2) is 48.7 Å². The van der Waals surface area contributed by atoms with Crippen LogP contribution < -0.4 is 4.72 Å². The second-order valence-corrected chi connectivity index (χ2v) is 7.59. The van der Waals surface area contributed by atoms with Crippen LogP contribution in [-0.2, 0) is 14.8 Å². The van der Waals surface area contributed by atoms with E-state index in [0.717, 1.165) is 0 Å². The van der Waals surface area contributed by atoms with Gasteiger partial charge in [-0.3, -0.25) is 4.68 Å². The highest BCUT2D eigenvalue weighted by molar-refractivity contribution is 7.89. The minimum atomic E-state index is -3.71. The molecule has 0 aliphatic carbocycles. The highest BCUT2D eigenvalue weighted by Gasteiger charge is 2.35. The SMILES string of the molecule is Cc1nn(C(C)C)c(C)c1S(=O)(=O)NCC1(O)CCOC1. The molecule has 2 N–H and O–H groups in total. The standard InChI is InChI=1S/C13H23N3O4S/c1-9(2)16-11(4)12(10(3)15-16)21(18,19)14-7-13(17)5-6-20-8-13/h9,14,17H,5-8H2,1-4H3. The van der Waals surface area contributed by atoms with Crippen LogP contribution in [0.15, 0.2) is 4.90 Å². The van der Waals surface area contributed by atoms with Crippen LogP contribution in [0.2, 0.25) is 0 Å². The van der Waals surface area contributed by atoms with E-state index in [0.29, 0.717) is 24.4 Å². The number of nitrogens with one attached hydrogen (secondary N) is 1. The first kappa shape index (κ1) is 16.4. The maximum absolute atomic E-state index is 12.5. The molecule has 1 saturated heterocycles. The maximum atomic E-state index is 12.5. The Morgan fingerprint density at radius 2 is 2.14 bits per heavy atom. The molecule has 1 aliphatic rings. The molecular formula is C13H23N3O4S. The van der Waals surface area contributed by atoms with Crippen LogP contribution >= 0.6 is 0 Å². The summed E-state index contributed by atoms with van der Waals surface area (Å²) in [6, 6.07) is 0.0834. The van der Waals surface area contributed by atoms with Crippen LogP contribution in [0.25, 0.3) is 0 Å². The Labute approximate surface area is 125 Å². The van der Waals surface area contributed by atoms with Crippen LogP contribution in [0.4, 0.5) is 0 Å². The summed E-state index contributed by atoms with van der Waals surface area (Å²) in [5.74, 6) is 0. The van der Waals surface area contributed by atoms with Crippen molar-refractivity contribution in [2.24, 2.45) is 0 Å². The van der Waals surface area contributed by atoms with Crippen molar-refractivity contribution in [3.63, 3.8) is 0 Å². The van der Waals surface area contributed by atoms with Gasteiger partial charge in [0, 0.05) is 25.6 Å². The number of aromatic nitrogens is 2. The number of hydrogen-bond donors (Lipinski definition) is 2. The fourth-order valence-corrected chi connectivity index (χ4v) is 4.09. The first-order chi connectivity index (χ1) is 9.66. The molecule has 2 rings (SSSR count). The molecule has 1 aromatic heterocycles. The number of ether oxygens (including phenoxy) is 1. The summed E-state index contributed by atoms with van der Waals surface area (Å²) in [7, 11) is -3.71. The molecule has 0 aromatic carbocycles. The lowest BCUT2D eigenvalue weighted by atomic mass is 10.1. The molecule has 8 heteroatoms. The number of sulfonamides is 1. The Hall–Kier alpha value is -0.960. The highest BCUT2D eigenvalue weighted by Crippen LogP contribution is 2.23. The first-order valence-corrected chi connectivity index (χ1v) is 8.50. The van der Waals surface area contributed by atoms with Crippen molar-refractivity contribution in [1.82, 2.24) is 14.5 Å². The Morgan fingerprint density at radius 1 is 1.48 bits per heavy atom. The Bertz CT molecular complexity index is 616. The average Bonchev–Trinajstić information content (AvgIpc) is 2.92. The van der Waals surface area contributed by atoms with Crippen LogP contribution in [0.3, 0.4) is 0 Å². The smallest absolute Gasteiger partial charge is 0.244 e. The molecule has 7 nitrogen and oxygen atoms in total. The quantitative estimate of drug-likeness (QED) is 0.825. The summed E-state index contributed by atoms with van der Waals surface area (Å²) < 4.78 is 34.3. The van der Waals surface area contributed by atoms with E-state index >= 15 is 0 Å². The Balaban J connectivity index is 2.24. The Morgan fingerprint density at radius 3 is 2.62 bits per heavy atom. The third kappa shape index (κ3) is 3.28. The lowest BCUT2D eigenvalue weighted by Crippen LogP contribution is -2.43. The lowest BCUT2D eigenvalue weighted by Gasteiger charge is -2.20. The van der Waals surface area contributed by atoms with Crippen LogP contribution in [0.1, 0.15) is 37.7 Å². The van der Waals surface area contributed by atoms with Gasteiger partial charge in [0.2, 0.25) is 10.0 Å². The van der Waals surface area contributed by atoms with Crippen LogP contribution in [0, 0.1) is 13.8 Å². The fraction of sp³-hybridized carbons (Fsp3) is 0.769. The van der Waals surface area contributed by atoms with E-state index in [-0.39, 0.29) is 24.1 Å². The molecule has 120 valence electrons. The van der Waals surface area contributed by atoms with Gasteiger partial charge in [0.25, 0.3) is 0 Å². The van der Waals surface area contributed by atoms with E-state index in [2.05, 4.69) is 9.82 Å². The van der Waals surface area contributed by atoms with Gasteiger partial charge in [0.15, 0.2) is 0 Å². The first-order valence-electron chi connectivity index (χ1n) is 7.02. The molecule has 2 heterocycles. The van der Waals surface area contributed by atoms with Crippen molar-refractivity contribution in [1.29, 1.82) is 0 Å². The average molecular weight is 317 g/mol. The van der Waals surface area contributed by atoms with Crippen molar-refractivity contribution in [2.45, 2.75) is 50.7 Å². The fourth-order valence-electron chi connectivity index (χ4n) is 2.58. The number of rotatable bonds is 5. The van der Waals surface area contributed by atoms with Gasteiger partial charge in [-0.1, -0.05) is 0 Å². The van der Waals surface area contributed by atoms with Gasteiger partial charge in [-0.15, -0.1) is 0 Å². The molecule has 1 unspecified atom stereocenters. The molecule has 0 amide bonds. The third-order valence-corrected chi connectivity index (χ3v) is 5.34. The zero-order valence-electron chi connectivity index (χ0n) is 12.9. The van der Waals surface area contributed by atoms with E-state index < -0.39 is 15.6 Å². The minimum absolute atomic E-state index is 0.0545. The van der Waals surface area contributed by atoms with Crippen molar-refractivity contribution in [3.05, 3.63) is 11.4 Å². The molecule has 21 heavy (non-hydrogen) atoms. The normalized spacial score (nSPS) is 23.1. The number of hydrogen-bond acceptors (Lipinski definition) is 5. The van der Waals surface area contributed by atoms with E-state index in [9.17, 15) is 13.5 Å². The minimum Gasteiger partial charge on any atom is -0.386 e. The number of aliphatic hydroxyl groups is 1. The predicted molar refractivity (Wildman–Crippen MR) is 77.7 cm³/mol. The summed E-state index contributed by atoms with van der Waals surface area (Å²) in [6.45, 7) is 7.85. The van der Waals surface area contributed by atoms with Crippen molar-refractivity contribution < 1.29 is 18.3 Å². The van der Waals surface area contributed by atoms with Gasteiger partial charge < -0.3 is 9.84 Å². The van der Waals surface area contributed by atoms with Gasteiger partial charge in [-0.25, -0.2) is 13.1 Å². The highest BCUT2D eigenvalue weighted by atomic mass is 32.2. The largest absolute Gasteiger partial charge is 0.386 e. The van der Waals surface area contributed by atoms with E-state index in [1.165, 1.54) is 0 Å². The molecule has 0 spiro atoms. The predicted octanol–water partition coefficient (Wildman–Crippen LogP) is 0.511. The van der Waals surface area contributed by atoms with Gasteiger partial charge in [-0.2, -0.15) is 5.10 Å². The second kappa shape index (κ2) is 5.68. The summed E-state index contributed by atoms with van der Waals surface area (Å²) in [4.78, 5) is 0.193. The zero-order valence-corrected chi connectivity index (χ0v) is 13.7. The van der Waals surface area contributed by atoms with Gasteiger partial charge >= 0.3 is 0 Å². The van der Waals surface area contributed by atoms with E-state index in [4.69, 9.17) is 4.74 Å².